The summed E-state index contributed by atoms with van der Waals surface area (Å²) < 4.78 is 0. The zero-order chi connectivity index (χ0) is 32.3. The van der Waals surface area contributed by atoms with Crippen LogP contribution in [0, 0.1) is 0 Å². The molecule has 0 radical (unpaired) electrons. The van der Waals surface area contributed by atoms with Gasteiger partial charge in [-0.3, -0.25) is 19.4 Å². The first-order valence-corrected chi connectivity index (χ1v) is 18.8. The van der Waals surface area contributed by atoms with E-state index in [2.05, 4.69) is 53.0 Å². The van der Waals surface area contributed by atoms with Crippen LogP contribution in [-0.4, -0.2) is 109 Å². The van der Waals surface area contributed by atoms with Crippen LogP contribution in [0.15, 0.2) is 0 Å². The second-order valence-electron chi connectivity index (χ2n) is 13.3. The van der Waals surface area contributed by atoms with Crippen LogP contribution in [0.25, 0.3) is 0 Å². The molecule has 0 bridgehead atoms. The Kier molecular flexibility index (Phi) is 26.0. The van der Waals surface area contributed by atoms with Crippen molar-refractivity contribution in [3.8, 4) is 0 Å². The van der Waals surface area contributed by atoms with E-state index >= 15 is 0 Å². The lowest BCUT2D eigenvalue weighted by Crippen LogP contribution is -2.49. The summed E-state index contributed by atoms with van der Waals surface area (Å²) in [6.07, 6.45) is 19.8. The second kappa shape index (κ2) is 28.0. The summed E-state index contributed by atoms with van der Waals surface area (Å²) in [4.78, 5) is 33.3. The molecule has 0 spiro atoms. The van der Waals surface area contributed by atoms with Crippen molar-refractivity contribution in [3.05, 3.63) is 0 Å². The molecule has 44 heavy (non-hydrogen) atoms. The van der Waals surface area contributed by atoms with Crippen molar-refractivity contribution < 1.29 is 14.7 Å². The van der Waals surface area contributed by atoms with E-state index in [4.69, 9.17) is 0 Å². The van der Waals surface area contributed by atoms with E-state index in [0.29, 0.717) is 25.9 Å². The van der Waals surface area contributed by atoms with Gasteiger partial charge in [-0.25, -0.2) is 0 Å². The molecule has 0 aromatic rings. The van der Waals surface area contributed by atoms with Crippen molar-refractivity contribution >= 4 is 11.8 Å². The van der Waals surface area contributed by atoms with Crippen molar-refractivity contribution in [2.24, 2.45) is 0 Å². The smallest absolute Gasteiger partial charge is 0.221 e. The number of amides is 2. The van der Waals surface area contributed by atoms with Crippen LogP contribution in [0.5, 0.6) is 0 Å². The fraction of sp³-hybridized carbons (Fsp3) is 0.944. The highest BCUT2D eigenvalue weighted by molar-refractivity contribution is 5.77. The van der Waals surface area contributed by atoms with Crippen LogP contribution in [0.4, 0.5) is 0 Å². The first-order chi connectivity index (χ1) is 21.4. The first kappa shape index (κ1) is 40.8. The first-order valence-electron chi connectivity index (χ1n) is 18.8. The van der Waals surface area contributed by atoms with Gasteiger partial charge < -0.3 is 20.6 Å². The molecule has 3 N–H and O–H groups in total. The number of piperazine rings is 1. The highest BCUT2D eigenvalue weighted by Crippen LogP contribution is 2.13. The Morgan fingerprint density at radius 3 is 1.41 bits per heavy atom. The molecule has 0 aliphatic carbocycles. The zero-order valence-corrected chi connectivity index (χ0v) is 29.6. The van der Waals surface area contributed by atoms with E-state index in [1.165, 1.54) is 51.4 Å². The largest absolute Gasteiger partial charge is 0.395 e. The van der Waals surface area contributed by atoms with Crippen molar-refractivity contribution in [1.82, 2.24) is 25.3 Å². The third kappa shape index (κ3) is 21.5. The summed E-state index contributed by atoms with van der Waals surface area (Å²) in [6, 6.07) is 0.567. The number of unbranched alkanes of at least 4 members (excludes halogenated alkanes) is 8. The fourth-order valence-corrected chi connectivity index (χ4v) is 6.23. The van der Waals surface area contributed by atoms with Gasteiger partial charge in [-0.05, 0) is 25.7 Å². The number of rotatable bonds is 29. The molecule has 0 aromatic carbocycles. The molecule has 2 atom stereocenters. The van der Waals surface area contributed by atoms with E-state index in [-0.39, 0.29) is 30.5 Å². The Bertz CT molecular complexity index is 645. The number of nitrogens with one attached hydrogen (secondary N) is 2. The lowest BCUT2D eigenvalue weighted by Gasteiger charge is -2.35. The van der Waals surface area contributed by atoms with E-state index in [0.717, 1.165) is 97.2 Å². The Morgan fingerprint density at radius 1 is 0.591 bits per heavy atom. The number of carbonyl (C=O) groups is 2. The monoisotopic (exact) mass is 624 g/mol. The van der Waals surface area contributed by atoms with Crippen molar-refractivity contribution in [2.45, 2.75) is 155 Å². The van der Waals surface area contributed by atoms with Crippen LogP contribution >= 0.6 is 0 Å². The highest BCUT2D eigenvalue weighted by atomic mass is 16.3. The standard InChI is InChI=1S/C36H73N5O3/c1-5-9-13-15-19-33(17-11-7-3)37-35(43)21-23-39(25-26-40-27-29-41(30-28-40)31-32-42)24-22-36(44)38-34(18-12-8-4)20-16-14-10-6-2/h33-34,42H,5-32H2,1-4H3,(H,37,43)(H,38,44). The number of aliphatic hydroxyl groups excluding tert-OH is 1. The average Bonchev–Trinajstić information content (AvgIpc) is 3.02. The summed E-state index contributed by atoms with van der Waals surface area (Å²) >= 11 is 0. The Morgan fingerprint density at radius 2 is 1.00 bits per heavy atom. The van der Waals surface area contributed by atoms with Gasteiger partial charge in [-0.2, -0.15) is 0 Å². The maximum absolute atomic E-state index is 13.1. The maximum Gasteiger partial charge on any atom is 0.221 e. The summed E-state index contributed by atoms with van der Waals surface area (Å²) in [5.74, 6) is 0.306. The van der Waals surface area contributed by atoms with E-state index in [1.54, 1.807) is 0 Å². The summed E-state index contributed by atoms with van der Waals surface area (Å²) in [5, 5.41) is 16.0. The molecule has 1 fully saturated rings. The van der Waals surface area contributed by atoms with Crippen LogP contribution in [0.2, 0.25) is 0 Å². The van der Waals surface area contributed by atoms with Crippen LogP contribution in [0.3, 0.4) is 0 Å². The molecular weight excluding hydrogens is 550 g/mol. The van der Waals surface area contributed by atoms with Gasteiger partial charge >= 0.3 is 0 Å². The van der Waals surface area contributed by atoms with E-state index in [9.17, 15) is 14.7 Å². The molecule has 1 saturated heterocycles. The van der Waals surface area contributed by atoms with Gasteiger partial charge in [-0.15, -0.1) is 0 Å². The average molecular weight is 624 g/mol. The Balaban J connectivity index is 2.68. The molecule has 2 unspecified atom stereocenters. The van der Waals surface area contributed by atoms with Crippen LogP contribution in [-0.2, 0) is 9.59 Å². The number of carbonyl (C=O) groups excluding carboxylic acids is 2. The molecule has 1 aliphatic rings. The highest BCUT2D eigenvalue weighted by Gasteiger charge is 2.19. The lowest BCUT2D eigenvalue weighted by molar-refractivity contribution is -0.122. The summed E-state index contributed by atoms with van der Waals surface area (Å²) in [7, 11) is 0. The lowest BCUT2D eigenvalue weighted by atomic mass is 10.0. The molecule has 0 saturated carbocycles. The van der Waals surface area contributed by atoms with E-state index < -0.39 is 0 Å². The number of β-amino-alcohol motifs (C(OH)–C–C–N with tert-alkyl or cyclic N) is 1. The minimum atomic E-state index is 0.153. The minimum Gasteiger partial charge on any atom is -0.395 e. The Hall–Kier alpha value is -1.22. The topological polar surface area (TPSA) is 88.2 Å². The summed E-state index contributed by atoms with van der Waals surface area (Å²) in [5.41, 5.74) is 0. The van der Waals surface area contributed by atoms with Gasteiger partial charge in [0, 0.05) is 83.8 Å². The van der Waals surface area contributed by atoms with Gasteiger partial charge in [0.1, 0.15) is 0 Å². The molecule has 8 heteroatoms. The molecule has 1 rings (SSSR count). The van der Waals surface area contributed by atoms with Gasteiger partial charge in [0.15, 0.2) is 0 Å². The number of hydrogen-bond acceptors (Lipinski definition) is 6. The molecule has 1 aliphatic heterocycles. The molecule has 0 aromatic heterocycles. The predicted molar refractivity (Wildman–Crippen MR) is 186 cm³/mol. The molecule has 1 heterocycles. The predicted octanol–water partition coefficient (Wildman–Crippen LogP) is 5.97. The third-order valence-corrected chi connectivity index (χ3v) is 9.28. The number of aliphatic hydroxyl groups is 1. The van der Waals surface area contributed by atoms with Crippen molar-refractivity contribution in [3.63, 3.8) is 0 Å². The van der Waals surface area contributed by atoms with Gasteiger partial charge in [0.05, 0.1) is 6.61 Å². The van der Waals surface area contributed by atoms with Crippen LogP contribution in [0.1, 0.15) is 143 Å². The van der Waals surface area contributed by atoms with Crippen molar-refractivity contribution in [2.75, 3.05) is 65.5 Å². The van der Waals surface area contributed by atoms with Crippen LogP contribution < -0.4 is 10.6 Å². The molecular formula is C36H73N5O3. The molecule has 260 valence electrons. The Labute approximate surface area is 272 Å². The summed E-state index contributed by atoms with van der Waals surface area (Å²) in [6.45, 7) is 17.1. The molecule has 2 amide bonds. The van der Waals surface area contributed by atoms with E-state index in [1.807, 2.05) is 0 Å². The fourth-order valence-electron chi connectivity index (χ4n) is 6.23. The quantitative estimate of drug-likeness (QED) is 0.0891. The molecule has 8 nitrogen and oxygen atoms in total. The third-order valence-electron chi connectivity index (χ3n) is 9.28. The zero-order valence-electron chi connectivity index (χ0n) is 29.6. The van der Waals surface area contributed by atoms with Gasteiger partial charge in [0.2, 0.25) is 11.8 Å². The maximum atomic E-state index is 13.1. The van der Waals surface area contributed by atoms with Gasteiger partial charge in [0.25, 0.3) is 0 Å². The minimum absolute atomic E-state index is 0.153. The number of hydrogen-bond donors (Lipinski definition) is 3. The normalized spacial score (nSPS) is 15.9. The van der Waals surface area contributed by atoms with Crippen molar-refractivity contribution in [1.29, 1.82) is 0 Å². The second-order valence-corrected chi connectivity index (χ2v) is 13.3. The van der Waals surface area contributed by atoms with Gasteiger partial charge in [-0.1, -0.05) is 105 Å². The SMILES string of the molecule is CCCCCCC(CCCC)NC(=O)CCN(CCC(=O)NC(CCCC)CCCCCC)CCN1CCN(CCO)CC1. The number of nitrogens with zero attached hydrogens (tertiary/aromatic N) is 3.